The Bertz CT molecular complexity index is 553. The number of carbonyl (C=O) groups excluding carboxylic acids is 1. The number of rotatable bonds is 4. The van der Waals surface area contributed by atoms with Crippen molar-refractivity contribution in [1.29, 1.82) is 0 Å². The molecule has 0 unspecified atom stereocenters. The molecule has 0 radical (unpaired) electrons. The highest BCUT2D eigenvalue weighted by atomic mass is 32.1. The van der Waals surface area contributed by atoms with Crippen LogP contribution in [0.1, 0.15) is 53.3 Å². The highest BCUT2D eigenvalue weighted by Gasteiger charge is 2.38. The van der Waals surface area contributed by atoms with Crippen molar-refractivity contribution in [2.45, 2.75) is 38.0 Å². The van der Waals surface area contributed by atoms with Crippen LogP contribution < -0.4 is 10.6 Å². The molecule has 4 rings (SSSR count). The van der Waals surface area contributed by atoms with Crippen LogP contribution >= 0.6 is 11.3 Å². The number of ketones is 1. The van der Waals surface area contributed by atoms with Crippen molar-refractivity contribution in [3.63, 3.8) is 0 Å². The molecule has 21 heavy (non-hydrogen) atoms. The van der Waals surface area contributed by atoms with Crippen LogP contribution in [0.4, 0.5) is 10.7 Å². The number of anilines is 2. The molecule has 5 heteroatoms. The van der Waals surface area contributed by atoms with E-state index in [1.807, 2.05) is 0 Å². The Labute approximate surface area is 129 Å². The number of nitrogens with two attached hydrogens (primary N) is 1. The molecule has 114 valence electrons. The smallest absolute Gasteiger partial charge is 0.178 e. The Balaban J connectivity index is 1.70. The van der Waals surface area contributed by atoms with Crippen LogP contribution in [-0.2, 0) is 4.74 Å². The Morgan fingerprint density at radius 2 is 2.00 bits per heavy atom. The molecule has 1 aliphatic heterocycles. The van der Waals surface area contributed by atoms with Gasteiger partial charge in [-0.1, -0.05) is 0 Å². The predicted molar refractivity (Wildman–Crippen MR) is 85.4 cm³/mol. The maximum absolute atomic E-state index is 12.5. The topological polar surface area (TPSA) is 55.6 Å². The Kier molecular flexibility index (Phi) is 3.42. The lowest BCUT2D eigenvalue weighted by atomic mass is 10.1. The maximum Gasteiger partial charge on any atom is 0.178 e. The average Bonchev–Trinajstić information content (AvgIpc) is 3.37. The number of Topliss-reactive ketones (excluding diaryl/α,β-unsaturated/α-hetero) is 1. The fourth-order valence-corrected chi connectivity index (χ4v) is 4.49. The monoisotopic (exact) mass is 306 g/mol. The summed E-state index contributed by atoms with van der Waals surface area (Å²) in [6.07, 6.45) is 5.57. The number of hydrogen-bond acceptors (Lipinski definition) is 5. The highest BCUT2D eigenvalue weighted by Crippen LogP contribution is 2.53. The first-order chi connectivity index (χ1) is 10.3. The zero-order valence-corrected chi connectivity index (χ0v) is 13.1. The average molecular weight is 306 g/mol. The van der Waals surface area contributed by atoms with Gasteiger partial charge in [-0.25, -0.2) is 0 Å². The minimum absolute atomic E-state index is 0.248. The third-order valence-corrected chi connectivity index (χ3v) is 5.93. The molecule has 0 aromatic carbocycles. The summed E-state index contributed by atoms with van der Waals surface area (Å²) in [5.41, 5.74) is 8.45. The van der Waals surface area contributed by atoms with Crippen LogP contribution in [0.3, 0.4) is 0 Å². The zero-order chi connectivity index (χ0) is 14.4. The van der Waals surface area contributed by atoms with Gasteiger partial charge in [-0.2, -0.15) is 0 Å². The van der Waals surface area contributed by atoms with Gasteiger partial charge in [-0.15, -0.1) is 11.3 Å². The normalized spacial score (nSPS) is 23.1. The largest absolute Gasteiger partial charge is 0.397 e. The second kappa shape index (κ2) is 5.29. The van der Waals surface area contributed by atoms with E-state index in [0.29, 0.717) is 5.92 Å². The van der Waals surface area contributed by atoms with Gasteiger partial charge < -0.3 is 15.4 Å². The van der Waals surface area contributed by atoms with E-state index in [1.165, 1.54) is 23.4 Å². The van der Waals surface area contributed by atoms with Gasteiger partial charge in [0.25, 0.3) is 0 Å². The van der Waals surface area contributed by atoms with Gasteiger partial charge in [0.05, 0.1) is 22.2 Å². The van der Waals surface area contributed by atoms with Crippen LogP contribution in [0, 0.1) is 5.92 Å². The van der Waals surface area contributed by atoms with E-state index in [1.54, 1.807) is 11.3 Å². The van der Waals surface area contributed by atoms with Crippen molar-refractivity contribution in [2.24, 2.45) is 5.92 Å². The molecule has 3 fully saturated rings. The minimum Gasteiger partial charge on any atom is -0.397 e. The first-order valence-corrected chi connectivity index (χ1v) is 8.86. The quantitative estimate of drug-likeness (QED) is 0.869. The summed E-state index contributed by atoms with van der Waals surface area (Å²) in [7, 11) is 0. The standard InChI is InChI=1S/C16H22N2O2S/c17-13-12(10-2-3-10)16(18-6-1-8-20-9-7-18)21-15(13)14(19)11-4-5-11/h10-11H,1-9,17H2. The van der Waals surface area contributed by atoms with E-state index in [2.05, 4.69) is 4.90 Å². The van der Waals surface area contributed by atoms with Crippen LogP contribution in [0.15, 0.2) is 0 Å². The number of nitrogens with zero attached hydrogens (tertiary/aromatic N) is 1. The van der Waals surface area contributed by atoms with Crippen molar-refractivity contribution in [1.82, 2.24) is 0 Å². The Morgan fingerprint density at radius 1 is 1.19 bits per heavy atom. The molecule has 1 saturated heterocycles. The van der Waals surface area contributed by atoms with Crippen molar-refractivity contribution < 1.29 is 9.53 Å². The van der Waals surface area contributed by atoms with E-state index in [9.17, 15) is 4.79 Å². The third kappa shape index (κ3) is 2.57. The van der Waals surface area contributed by atoms with Gasteiger partial charge in [0.1, 0.15) is 0 Å². The van der Waals surface area contributed by atoms with Gasteiger partial charge in [0.2, 0.25) is 0 Å². The Hall–Kier alpha value is -1.07. The van der Waals surface area contributed by atoms with E-state index in [4.69, 9.17) is 10.5 Å². The van der Waals surface area contributed by atoms with Crippen LogP contribution in [0.25, 0.3) is 0 Å². The number of thiophene rings is 1. The molecule has 2 heterocycles. The molecule has 1 aromatic heterocycles. The predicted octanol–water partition coefficient (Wildman–Crippen LogP) is 3.03. The number of ether oxygens (including phenoxy) is 1. The SMILES string of the molecule is Nc1c(C(=O)C2CC2)sc(N2CCCOCC2)c1C1CC1. The summed E-state index contributed by atoms with van der Waals surface area (Å²) in [6.45, 7) is 3.53. The summed E-state index contributed by atoms with van der Waals surface area (Å²) >= 11 is 1.64. The minimum atomic E-state index is 0.248. The zero-order valence-electron chi connectivity index (χ0n) is 12.3. The third-order valence-electron chi connectivity index (χ3n) is 4.63. The van der Waals surface area contributed by atoms with Gasteiger partial charge in [-0.3, -0.25) is 4.79 Å². The molecule has 1 aromatic rings. The molecule has 2 N–H and O–H groups in total. The first kappa shape index (κ1) is 13.6. The van der Waals surface area contributed by atoms with Crippen LogP contribution in [-0.4, -0.2) is 32.1 Å². The van der Waals surface area contributed by atoms with Crippen LogP contribution in [0.5, 0.6) is 0 Å². The van der Waals surface area contributed by atoms with Crippen molar-refractivity contribution in [2.75, 3.05) is 36.9 Å². The summed E-state index contributed by atoms with van der Waals surface area (Å²) in [5.74, 6) is 1.12. The van der Waals surface area contributed by atoms with Gasteiger partial charge in [0, 0.05) is 31.2 Å². The second-order valence-corrected chi connectivity index (χ2v) is 7.43. The summed E-state index contributed by atoms with van der Waals surface area (Å²) in [5, 5.41) is 1.25. The molecule has 2 saturated carbocycles. The highest BCUT2D eigenvalue weighted by molar-refractivity contribution is 7.19. The summed E-state index contributed by atoms with van der Waals surface area (Å²) in [4.78, 5) is 15.7. The fraction of sp³-hybridized carbons (Fsp3) is 0.688. The van der Waals surface area contributed by atoms with Crippen LogP contribution in [0.2, 0.25) is 0 Å². The lowest BCUT2D eigenvalue weighted by molar-refractivity contribution is 0.0972. The molecular formula is C16H22N2O2S. The lowest BCUT2D eigenvalue weighted by Crippen LogP contribution is -2.25. The maximum atomic E-state index is 12.5. The van der Waals surface area contributed by atoms with E-state index >= 15 is 0 Å². The lowest BCUT2D eigenvalue weighted by Gasteiger charge is -2.21. The van der Waals surface area contributed by atoms with Crippen molar-refractivity contribution >= 4 is 27.8 Å². The molecule has 0 amide bonds. The van der Waals surface area contributed by atoms with E-state index < -0.39 is 0 Å². The Morgan fingerprint density at radius 3 is 2.71 bits per heavy atom. The van der Waals surface area contributed by atoms with Gasteiger partial charge in [-0.05, 0) is 38.0 Å². The fourth-order valence-electron chi connectivity index (χ4n) is 3.11. The number of carbonyl (C=O) groups is 1. The molecule has 0 spiro atoms. The van der Waals surface area contributed by atoms with E-state index in [0.717, 1.165) is 56.1 Å². The second-order valence-electron chi connectivity index (χ2n) is 6.43. The van der Waals surface area contributed by atoms with Crippen molar-refractivity contribution in [3.05, 3.63) is 10.4 Å². The number of nitrogen functional groups attached to an aromatic ring is 1. The van der Waals surface area contributed by atoms with Crippen molar-refractivity contribution in [3.8, 4) is 0 Å². The summed E-state index contributed by atoms with van der Waals surface area (Å²) < 4.78 is 5.56. The van der Waals surface area contributed by atoms with Gasteiger partial charge in [0.15, 0.2) is 5.78 Å². The van der Waals surface area contributed by atoms with E-state index in [-0.39, 0.29) is 11.7 Å². The molecule has 4 nitrogen and oxygen atoms in total. The molecule has 3 aliphatic rings. The number of hydrogen-bond donors (Lipinski definition) is 1. The van der Waals surface area contributed by atoms with Gasteiger partial charge >= 0.3 is 0 Å². The molecule has 0 atom stereocenters. The molecule has 2 aliphatic carbocycles. The molecule has 0 bridgehead atoms. The first-order valence-electron chi connectivity index (χ1n) is 8.04. The summed E-state index contributed by atoms with van der Waals surface area (Å²) in [6, 6.07) is 0. The molecular weight excluding hydrogens is 284 g/mol.